The normalized spacial score (nSPS) is 12.5. The lowest BCUT2D eigenvalue weighted by atomic mass is 10.0. The van der Waals surface area contributed by atoms with Gasteiger partial charge in [-0.2, -0.15) is 5.10 Å². The summed E-state index contributed by atoms with van der Waals surface area (Å²) in [4.78, 5) is 13.5. The second-order valence-corrected chi connectivity index (χ2v) is 11.4. The maximum atomic E-state index is 15.1. The number of halogens is 2. The van der Waals surface area contributed by atoms with Crippen LogP contribution < -0.4 is 4.74 Å². The molecule has 0 radical (unpaired) electrons. The number of sulfone groups is 1. The number of H-pyrrole nitrogens is 1. The van der Waals surface area contributed by atoms with Gasteiger partial charge in [0.05, 0.1) is 11.7 Å². The van der Waals surface area contributed by atoms with Crippen LogP contribution in [0.2, 0.25) is 0 Å². The number of fused-ring (bicyclic) bond motifs is 1. The van der Waals surface area contributed by atoms with E-state index in [1.54, 1.807) is 10.7 Å². The van der Waals surface area contributed by atoms with E-state index >= 15 is 8.78 Å². The van der Waals surface area contributed by atoms with Crippen molar-refractivity contribution in [1.82, 2.24) is 14.8 Å². The number of carboxylic acids is 1. The van der Waals surface area contributed by atoms with Crippen LogP contribution in [0.25, 0.3) is 22.2 Å². The highest BCUT2D eigenvalue weighted by atomic mass is 32.2. The number of aryl methyl sites for hydroxylation is 1. The molecule has 0 aliphatic carbocycles. The second kappa shape index (κ2) is 10.6. The molecule has 8 nitrogen and oxygen atoms in total. The summed E-state index contributed by atoms with van der Waals surface area (Å²) in [5.74, 6) is -2.80. The Morgan fingerprint density at radius 2 is 1.90 bits per heavy atom. The quantitative estimate of drug-likeness (QED) is 0.222. The zero-order valence-electron chi connectivity index (χ0n) is 21.6. The van der Waals surface area contributed by atoms with E-state index in [0.29, 0.717) is 17.6 Å². The highest BCUT2D eigenvalue weighted by molar-refractivity contribution is 7.91. The number of carbonyl (C=O) groups is 1. The summed E-state index contributed by atoms with van der Waals surface area (Å²) in [5, 5.41) is 13.7. The van der Waals surface area contributed by atoms with Gasteiger partial charge in [0.25, 0.3) is 0 Å². The SMILES string of the molecule is CC(c1cccc(CCC(=O)O)c1)n1nccc1-c1cc(Oc2c(F)cc3[nH]ccc3c2S(C)(=O)=O)ccc1F. The Labute approximate surface area is 228 Å². The van der Waals surface area contributed by atoms with Crippen molar-refractivity contribution in [1.29, 1.82) is 0 Å². The van der Waals surface area contributed by atoms with Crippen LogP contribution >= 0.6 is 0 Å². The van der Waals surface area contributed by atoms with E-state index < -0.39 is 33.2 Å². The number of nitrogens with one attached hydrogen (secondary N) is 1. The van der Waals surface area contributed by atoms with Gasteiger partial charge in [0.2, 0.25) is 0 Å². The topological polar surface area (TPSA) is 114 Å². The first-order valence-electron chi connectivity index (χ1n) is 12.3. The first-order valence-corrected chi connectivity index (χ1v) is 14.2. The van der Waals surface area contributed by atoms with Crippen LogP contribution in [0.1, 0.15) is 30.5 Å². The Bertz CT molecular complexity index is 1850. The molecule has 0 spiro atoms. The minimum atomic E-state index is -3.90. The summed E-state index contributed by atoms with van der Waals surface area (Å²) in [6.45, 7) is 1.88. The third-order valence-electron chi connectivity index (χ3n) is 6.62. The van der Waals surface area contributed by atoms with E-state index in [4.69, 9.17) is 9.84 Å². The standard InChI is InChI=1S/C29H25F2N3O5S/c1-17(19-5-3-4-18(14-19)6-9-27(35)36)34-26(11-13-33-34)22-15-20(7-8-23(22)30)39-28-24(31)16-25-21(10-12-32-25)29(28)40(2,37)38/h3-5,7-8,10-17,32H,6,9H2,1-2H3,(H,35,36). The average Bonchev–Trinajstić information content (AvgIpc) is 3.57. The van der Waals surface area contributed by atoms with Crippen molar-refractivity contribution in [3.8, 4) is 22.8 Å². The lowest BCUT2D eigenvalue weighted by molar-refractivity contribution is -0.136. The molecule has 5 rings (SSSR count). The number of aliphatic carboxylic acids is 1. The molecule has 5 aromatic rings. The Kier molecular flexibility index (Phi) is 7.16. The van der Waals surface area contributed by atoms with Gasteiger partial charge in [-0.25, -0.2) is 17.2 Å². The van der Waals surface area contributed by atoms with Crippen LogP contribution in [-0.2, 0) is 21.1 Å². The number of ether oxygens (including phenoxy) is 1. The fourth-order valence-electron chi connectivity index (χ4n) is 4.71. The molecule has 2 heterocycles. The summed E-state index contributed by atoms with van der Waals surface area (Å²) in [6, 6.07) is 15.2. The molecule has 0 fully saturated rings. The molecule has 0 aliphatic heterocycles. The number of aromatic amines is 1. The Morgan fingerprint density at radius 1 is 1.10 bits per heavy atom. The van der Waals surface area contributed by atoms with Crippen LogP contribution in [0.3, 0.4) is 0 Å². The van der Waals surface area contributed by atoms with Crippen molar-refractivity contribution in [3.63, 3.8) is 0 Å². The van der Waals surface area contributed by atoms with Gasteiger partial charge >= 0.3 is 5.97 Å². The maximum Gasteiger partial charge on any atom is 0.303 e. The van der Waals surface area contributed by atoms with E-state index in [-0.39, 0.29) is 34.1 Å². The zero-order chi connectivity index (χ0) is 28.6. The molecule has 206 valence electrons. The highest BCUT2D eigenvalue weighted by Gasteiger charge is 2.25. The minimum absolute atomic E-state index is 0.00151. The van der Waals surface area contributed by atoms with Gasteiger partial charge in [-0.1, -0.05) is 24.3 Å². The van der Waals surface area contributed by atoms with Gasteiger partial charge in [0, 0.05) is 47.6 Å². The summed E-state index contributed by atoms with van der Waals surface area (Å²) < 4.78 is 62.8. The molecule has 2 aromatic heterocycles. The van der Waals surface area contributed by atoms with Gasteiger partial charge in [-0.15, -0.1) is 0 Å². The van der Waals surface area contributed by atoms with Crippen LogP contribution in [-0.4, -0.2) is 40.5 Å². The molecule has 1 atom stereocenters. The summed E-state index contributed by atoms with van der Waals surface area (Å²) in [6.07, 6.45) is 4.36. The van der Waals surface area contributed by atoms with Gasteiger partial charge in [-0.3, -0.25) is 9.48 Å². The summed E-state index contributed by atoms with van der Waals surface area (Å²) in [5.41, 5.74) is 2.53. The van der Waals surface area contributed by atoms with Crippen molar-refractivity contribution in [2.45, 2.75) is 30.7 Å². The van der Waals surface area contributed by atoms with Crippen LogP contribution in [0.4, 0.5) is 8.78 Å². The van der Waals surface area contributed by atoms with E-state index in [0.717, 1.165) is 29.5 Å². The number of benzene rings is 3. The van der Waals surface area contributed by atoms with E-state index in [1.165, 1.54) is 30.6 Å². The number of hydrogen-bond acceptors (Lipinski definition) is 5. The first-order chi connectivity index (χ1) is 19.0. The van der Waals surface area contributed by atoms with Crippen molar-refractivity contribution < 1.29 is 31.8 Å². The predicted molar refractivity (Wildman–Crippen MR) is 145 cm³/mol. The molecule has 40 heavy (non-hydrogen) atoms. The molecule has 3 aromatic carbocycles. The lowest BCUT2D eigenvalue weighted by Crippen LogP contribution is -2.11. The molecular weight excluding hydrogens is 540 g/mol. The summed E-state index contributed by atoms with van der Waals surface area (Å²) in [7, 11) is -3.90. The molecule has 0 saturated carbocycles. The third kappa shape index (κ3) is 5.32. The molecule has 2 N–H and O–H groups in total. The monoisotopic (exact) mass is 565 g/mol. The minimum Gasteiger partial charge on any atom is -0.481 e. The lowest BCUT2D eigenvalue weighted by Gasteiger charge is -2.18. The highest BCUT2D eigenvalue weighted by Crippen LogP contribution is 2.39. The van der Waals surface area contributed by atoms with E-state index in [9.17, 15) is 13.2 Å². The number of carboxylic acid groups (broad SMARTS) is 1. The van der Waals surface area contributed by atoms with Crippen LogP contribution in [0, 0.1) is 11.6 Å². The molecule has 1 unspecified atom stereocenters. The van der Waals surface area contributed by atoms with Crippen molar-refractivity contribution in [3.05, 3.63) is 95.8 Å². The Morgan fingerprint density at radius 3 is 2.65 bits per heavy atom. The molecule has 0 saturated heterocycles. The number of hydrogen-bond donors (Lipinski definition) is 2. The van der Waals surface area contributed by atoms with Gasteiger partial charge in [0.1, 0.15) is 16.5 Å². The van der Waals surface area contributed by atoms with E-state index in [2.05, 4.69) is 10.1 Å². The van der Waals surface area contributed by atoms with Gasteiger partial charge < -0.3 is 14.8 Å². The smallest absolute Gasteiger partial charge is 0.303 e. The largest absolute Gasteiger partial charge is 0.481 e. The molecular formula is C29H25F2N3O5S. The van der Waals surface area contributed by atoms with Crippen LogP contribution in [0.15, 0.2) is 78.0 Å². The maximum absolute atomic E-state index is 15.1. The second-order valence-electron chi connectivity index (χ2n) is 9.45. The average molecular weight is 566 g/mol. The fourth-order valence-corrected chi connectivity index (χ4v) is 5.76. The first kappa shape index (κ1) is 27.1. The number of nitrogens with zero attached hydrogens (tertiary/aromatic N) is 2. The molecule has 11 heteroatoms. The zero-order valence-corrected chi connectivity index (χ0v) is 22.4. The Balaban J connectivity index is 1.52. The Hall–Kier alpha value is -4.51. The molecule has 0 amide bonds. The number of aromatic nitrogens is 3. The summed E-state index contributed by atoms with van der Waals surface area (Å²) >= 11 is 0. The van der Waals surface area contributed by atoms with Crippen molar-refractivity contribution in [2.75, 3.05) is 6.26 Å². The van der Waals surface area contributed by atoms with Crippen molar-refractivity contribution in [2.24, 2.45) is 0 Å². The predicted octanol–water partition coefficient (Wildman–Crippen LogP) is 6.13. The van der Waals surface area contributed by atoms with Crippen LogP contribution in [0.5, 0.6) is 11.5 Å². The molecule has 0 bridgehead atoms. The number of rotatable bonds is 9. The molecule has 0 aliphatic rings. The van der Waals surface area contributed by atoms with E-state index in [1.807, 2.05) is 31.2 Å². The van der Waals surface area contributed by atoms with Gasteiger partial charge in [-0.05, 0) is 54.8 Å². The third-order valence-corrected chi connectivity index (χ3v) is 7.77. The fraction of sp³-hybridized carbons (Fsp3) is 0.172. The van der Waals surface area contributed by atoms with Gasteiger partial charge in [0.15, 0.2) is 21.4 Å². The van der Waals surface area contributed by atoms with Crippen molar-refractivity contribution >= 4 is 26.7 Å².